The van der Waals surface area contributed by atoms with E-state index in [-0.39, 0.29) is 24.9 Å². The third-order valence-electron chi connectivity index (χ3n) is 13.1. The van der Waals surface area contributed by atoms with E-state index in [1.54, 1.807) is 0 Å². The van der Waals surface area contributed by atoms with Gasteiger partial charge < -0.3 is 20.3 Å². The van der Waals surface area contributed by atoms with Gasteiger partial charge in [-0.3, -0.25) is 9.59 Å². The van der Waals surface area contributed by atoms with Gasteiger partial charge in [0.1, 0.15) is 6.10 Å². The number of carbonyl (C=O) groups is 2. The van der Waals surface area contributed by atoms with Gasteiger partial charge in [-0.15, -0.1) is 0 Å². The smallest absolute Gasteiger partial charge is 0.306 e. The molecule has 3 unspecified atom stereocenters. The maximum absolute atomic E-state index is 13.2. The fourth-order valence-electron chi connectivity index (χ4n) is 8.84. The fraction of sp³-hybridized carbons (Fsp3) is 0.929. The van der Waals surface area contributed by atoms with Crippen molar-refractivity contribution in [2.45, 2.75) is 328 Å². The number of allylic oxidation sites excluding steroid dienone is 2. The number of aliphatic hydroxyl groups excluding tert-OH is 2. The summed E-state index contributed by atoms with van der Waals surface area (Å²) in [6, 6.07) is -0.698. The molecular formula is C56H109NO5. The fourth-order valence-corrected chi connectivity index (χ4v) is 8.84. The summed E-state index contributed by atoms with van der Waals surface area (Å²) in [5.41, 5.74) is 0. The summed E-state index contributed by atoms with van der Waals surface area (Å²) in [5, 5.41) is 23.8. The van der Waals surface area contributed by atoms with Gasteiger partial charge in [-0.05, 0) is 51.4 Å². The molecule has 368 valence electrons. The lowest BCUT2D eigenvalue weighted by molar-refractivity contribution is -0.151. The molecule has 0 bridgehead atoms. The summed E-state index contributed by atoms with van der Waals surface area (Å²) in [6.45, 7) is 6.51. The predicted octanol–water partition coefficient (Wildman–Crippen LogP) is 16.9. The molecule has 0 spiro atoms. The summed E-state index contributed by atoms with van der Waals surface area (Å²) in [6.07, 6.45) is 57.0. The van der Waals surface area contributed by atoms with Gasteiger partial charge in [0.2, 0.25) is 5.91 Å². The van der Waals surface area contributed by atoms with E-state index in [4.69, 9.17) is 4.74 Å². The van der Waals surface area contributed by atoms with E-state index in [0.29, 0.717) is 19.3 Å². The second-order valence-electron chi connectivity index (χ2n) is 19.3. The average molecular weight is 876 g/mol. The molecule has 0 radical (unpaired) electrons. The Morgan fingerprint density at radius 3 is 1.15 bits per heavy atom. The molecule has 3 N–H and O–H groups in total. The van der Waals surface area contributed by atoms with Crippen LogP contribution < -0.4 is 5.32 Å². The Bertz CT molecular complexity index is 939. The Balaban J connectivity index is 4.54. The average Bonchev–Trinajstić information content (AvgIpc) is 3.26. The van der Waals surface area contributed by atoms with Crippen LogP contribution in [0.1, 0.15) is 310 Å². The normalized spacial score (nSPS) is 13.2. The van der Waals surface area contributed by atoms with E-state index in [2.05, 4.69) is 38.2 Å². The van der Waals surface area contributed by atoms with Gasteiger partial charge in [0.15, 0.2) is 0 Å². The van der Waals surface area contributed by atoms with Crippen molar-refractivity contribution in [2.75, 3.05) is 6.61 Å². The van der Waals surface area contributed by atoms with Gasteiger partial charge >= 0.3 is 5.97 Å². The number of carbonyl (C=O) groups excluding carboxylic acids is 2. The first kappa shape index (κ1) is 60.6. The Kier molecular flexibility index (Phi) is 49.5. The molecule has 0 aliphatic rings. The van der Waals surface area contributed by atoms with E-state index in [1.165, 1.54) is 212 Å². The summed E-state index contributed by atoms with van der Waals surface area (Å²) in [4.78, 5) is 26.2. The number of aliphatic hydroxyl groups is 2. The highest BCUT2D eigenvalue weighted by molar-refractivity contribution is 5.77. The quantitative estimate of drug-likeness (QED) is 0.0321. The number of nitrogens with one attached hydrogen (secondary N) is 1. The van der Waals surface area contributed by atoms with Crippen LogP contribution in [0.4, 0.5) is 0 Å². The zero-order valence-corrected chi connectivity index (χ0v) is 42.0. The Morgan fingerprint density at radius 1 is 0.452 bits per heavy atom. The van der Waals surface area contributed by atoms with E-state index in [0.717, 1.165) is 51.4 Å². The van der Waals surface area contributed by atoms with E-state index in [1.807, 2.05) is 0 Å². The molecule has 3 atom stereocenters. The first-order valence-corrected chi connectivity index (χ1v) is 27.9. The standard InChI is InChI=1S/C56H109NO5/c1-4-7-10-13-16-19-22-25-27-28-29-30-32-35-38-41-44-47-52(62-56(61)49-46-43-40-37-34-31-26-23-20-17-14-11-8-5-2)50-55(60)57-53(51-58)54(59)48-45-42-39-36-33-24-21-18-15-12-9-6-3/h31,34,52-54,58-59H,4-30,32-33,35-51H2,1-3H3,(H,57,60)/b34-31-. The minimum atomic E-state index is -0.784. The van der Waals surface area contributed by atoms with Crippen LogP contribution in [-0.4, -0.2) is 46.9 Å². The van der Waals surface area contributed by atoms with Crippen LogP contribution in [0.15, 0.2) is 12.2 Å². The highest BCUT2D eigenvalue weighted by Gasteiger charge is 2.24. The van der Waals surface area contributed by atoms with Crippen LogP contribution >= 0.6 is 0 Å². The van der Waals surface area contributed by atoms with Crippen LogP contribution in [0.3, 0.4) is 0 Å². The van der Waals surface area contributed by atoms with E-state index in [9.17, 15) is 19.8 Å². The summed E-state index contributed by atoms with van der Waals surface area (Å²) in [5.74, 6) is -0.471. The second-order valence-corrected chi connectivity index (χ2v) is 19.3. The molecule has 1 amide bonds. The number of hydrogen-bond acceptors (Lipinski definition) is 5. The molecule has 62 heavy (non-hydrogen) atoms. The molecular weight excluding hydrogens is 767 g/mol. The molecule has 0 aromatic rings. The van der Waals surface area contributed by atoms with Crippen molar-refractivity contribution in [3.8, 4) is 0 Å². The zero-order chi connectivity index (χ0) is 45.2. The molecule has 0 aliphatic carbocycles. The predicted molar refractivity (Wildman–Crippen MR) is 269 cm³/mol. The molecule has 0 aromatic carbocycles. The van der Waals surface area contributed by atoms with Crippen LogP contribution in [-0.2, 0) is 14.3 Å². The lowest BCUT2D eigenvalue weighted by Gasteiger charge is -2.24. The maximum atomic E-state index is 13.2. The van der Waals surface area contributed by atoms with Crippen molar-refractivity contribution < 1.29 is 24.5 Å². The van der Waals surface area contributed by atoms with E-state index < -0.39 is 18.2 Å². The minimum Gasteiger partial charge on any atom is -0.462 e. The summed E-state index contributed by atoms with van der Waals surface area (Å²) < 4.78 is 5.95. The molecule has 0 rings (SSSR count). The second kappa shape index (κ2) is 50.6. The van der Waals surface area contributed by atoms with Gasteiger partial charge in [0.05, 0.1) is 25.2 Å². The van der Waals surface area contributed by atoms with E-state index >= 15 is 0 Å². The molecule has 6 heteroatoms. The SMILES string of the molecule is CCCCCCCCC/C=C\CCCCCC(=O)OC(CCCCCCCCCCCCCCCCCCC)CC(=O)NC(CO)C(O)CCCCCCCCCCCCCC. The Labute approximate surface area is 387 Å². The van der Waals surface area contributed by atoms with Crippen LogP contribution in [0.2, 0.25) is 0 Å². The van der Waals surface area contributed by atoms with Gasteiger partial charge in [-0.1, -0.05) is 258 Å². The number of ether oxygens (including phenoxy) is 1. The highest BCUT2D eigenvalue weighted by atomic mass is 16.5. The van der Waals surface area contributed by atoms with Crippen molar-refractivity contribution in [3.63, 3.8) is 0 Å². The number of esters is 1. The largest absolute Gasteiger partial charge is 0.462 e. The number of hydrogen-bond donors (Lipinski definition) is 3. The topological polar surface area (TPSA) is 95.9 Å². The molecule has 0 fully saturated rings. The van der Waals surface area contributed by atoms with Crippen molar-refractivity contribution >= 4 is 11.9 Å². The lowest BCUT2D eigenvalue weighted by Crippen LogP contribution is -2.46. The monoisotopic (exact) mass is 876 g/mol. The molecule has 0 saturated heterocycles. The van der Waals surface area contributed by atoms with Crippen molar-refractivity contribution in [2.24, 2.45) is 0 Å². The van der Waals surface area contributed by atoms with Crippen LogP contribution in [0.25, 0.3) is 0 Å². The molecule has 0 aromatic heterocycles. The molecule has 6 nitrogen and oxygen atoms in total. The molecule has 0 heterocycles. The minimum absolute atomic E-state index is 0.0793. The zero-order valence-electron chi connectivity index (χ0n) is 42.0. The number of amides is 1. The third-order valence-corrected chi connectivity index (χ3v) is 13.1. The third kappa shape index (κ3) is 45.2. The van der Waals surface area contributed by atoms with Crippen LogP contribution in [0, 0.1) is 0 Å². The highest BCUT2D eigenvalue weighted by Crippen LogP contribution is 2.19. The van der Waals surface area contributed by atoms with Crippen molar-refractivity contribution in [1.29, 1.82) is 0 Å². The first-order valence-electron chi connectivity index (χ1n) is 27.9. The molecule has 0 saturated carbocycles. The first-order chi connectivity index (χ1) is 30.5. The lowest BCUT2D eigenvalue weighted by atomic mass is 10.0. The Hall–Kier alpha value is -1.40. The van der Waals surface area contributed by atoms with Crippen LogP contribution in [0.5, 0.6) is 0 Å². The van der Waals surface area contributed by atoms with Gasteiger partial charge in [-0.2, -0.15) is 0 Å². The van der Waals surface area contributed by atoms with Crippen molar-refractivity contribution in [3.05, 3.63) is 12.2 Å². The van der Waals surface area contributed by atoms with Gasteiger partial charge in [0, 0.05) is 6.42 Å². The summed E-state index contributed by atoms with van der Waals surface area (Å²) in [7, 11) is 0. The molecule has 0 aliphatic heterocycles. The number of rotatable bonds is 51. The number of unbranched alkanes of at least 4 members (excludes halogenated alkanes) is 37. The van der Waals surface area contributed by atoms with Gasteiger partial charge in [-0.25, -0.2) is 0 Å². The van der Waals surface area contributed by atoms with Gasteiger partial charge in [0.25, 0.3) is 0 Å². The Morgan fingerprint density at radius 2 is 0.774 bits per heavy atom. The maximum Gasteiger partial charge on any atom is 0.306 e. The van der Waals surface area contributed by atoms with Crippen molar-refractivity contribution in [1.82, 2.24) is 5.32 Å². The summed E-state index contributed by atoms with van der Waals surface area (Å²) >= 11 is 0.